The van der Waals surface area contributed by atoms with Gasteiger partial charge >= 0.3 is 0 Å². The van der Waals surface area contributed by atoms with Gasteiger partial charge in [-0.3, -0.25) is 4.79 Å². The number of hydrogen-bond acceptors (Lipinski definition) is 4. The summed E-state index contributed by atoms with van der Waals surface area (Å²) in [5.41, 5.74) is 2.51. The molecule has 0 atom stereocenters. The van der Waals surface area contributed by atoms with Crippen LogP contribution in [0.5, 0.6) is 17.2 Å². The van der Waals surface area contributed by atoms with E-state index < -0.39 is 0 Å². The van der Waals surface area contributed by atoms with Gasteiger partial charge in [-0.05, 0) is 41.8 Å². The van der Waals surface area contributed by atoms with Crippen LogP contribution in [0.4, 0.5) is 0 Å². The van der Waals surface area contributed by atoms with E-state index in [1.165, 1.54) is 12.7 Å². The Morgan fingerprint density at radius 1 is 1.08 bits per heavy atom. The molecular formula is C19H17Cl2NO4. The minimum absolute atomic E-state index is 0.199. The quantitative estimate of drug-likeness (QED) is 0.774. The molecule has 4 rings (SSSR count). The van der Waals surface area contributed by atoms with Crippen LogP contribution in [0.25, 0.3) is 0 Å². The largest absolute Gasteiger partial charge is 0.494 e. The van der Waals surface area contributed by atoms with E-state index in [1.807, 2.05) is 12.1 Å². The topological polar surface area (TPSA) is 48.0 Å². The van der Waals surface area contributed by atoms with Crippen molar-refractivity contribution in [2.75, 3.05) is 26.9 Å². The van der Waals surface area contributed by atoms with Crippen molar-refractivity contribution in [2.24, 2.45) is 0 Å². The highest BCUT2D eigenvalue weighted by atomic mass is 35.5. The number of benzene rings is 2. The van der Waals surface area contributed by atoms with Crippen molar-refractivity contribution in [3.8, 4) is 17.2 Å². The summed E-state index contributed by atoms with van der Waals surface area (Å²) >= 11 is 12.4. The van der Waals surface area contributed by atoms with Gasteiger partial charge < -0.3 is 19.1 Å². The average Bonchev–Trinajstić information content (AvgIpc) is 2.66. The first-order chi connectivity index (χ1) is 12.6. The first kappa shape index (κ1) is 17.3. The molecule has 0 aromatic heterocycles. The van der Waals surface area contributed by atoms with Crippen LogP contribution in [0.1, 0.15) is 21.5 Å². The van der Waals surface area contributed by atoms with Crippen molar-refractivity contribution in [3.63, 3.8) is 0 Å². The lowest BCUT2D eigenvalue weighted by molar-refractivity contribution is 0.0730. The summed E-state index contributed by atoms with van der Waals surface area (Å²) < 4.78 is 16.6. The second kappa shape index (κ2) is 6.89. The molecule has 1 amide bonds. The molecule has 0 aliphatic carbocycles. The van der Waals surface area contributed by atoms with E-state index in [-0.39, 0.29) is 5.91 Å². The Balaban J connectivity index is 1.65. The number of hydrogen-bond donors (Lipinski definition) is 0. The zero-order valence-electron chi connectivity index (χ0n) is 14.2. The molecule has 136 valence electrons. The number of carbonyl (C=O) groups is 1. The Morgan fingerprint density at radius 2 is 1.73 bits per heavy atom. The van der Waals surface area contributed by atoms with Gasteiger partial charge in [0.15, 0.2) is 17.2 Å². The van der Waals surface area contributed by atoms with Gasteiger partial charge in [0.1, 0.15) is 18.8 Å². The Hall–Kier alpha value is -2.11. The summed E-state index contributed by atoms with van der Waals surface area (Å²) in [7, 11) is 1.48. The van der Waals surface area contributed by atoms with E-state index in [0.29, 0.717) is 47.7 Å². The summed E-state index contributed by atoms with van der Waals surface area (Å²) in [5.74, 6) is 1.60. The molecule has 0 saturated carbocycles. The molecule has 2 aromatic carbocycles. The van der Waals surface area contributed by atoms with E-state index in [4.69, 9.17) is 37.4 Å². The van der Waals surface area contributed by atoms with Crippen molar-refractivity contribution in [1.82, 2.24) is 4.90 Å². The zero-order chi connectivity index (χ0) is 18.3. The van der Waals surface area contributed by atoms with Gasteiger partial charge in [-0.2, -0.15) is 0 Å². The predicted molar refractivity (Wildman–Crippen MR) is 98.9 cm³/mol. The third-order valence-corrected chi connectivity index (χ3v) is 5.25. The predicted octanol–water partition coefficient (Wildman–Crippen LogP) is 3.97. The summed E-state index contributed by atoms with van der Waals surface area (Å²) in [5, 5.41) is 0.682. The number of rotatable bonds is 2. The van der Waals surface area contributed by atoms with Crippen molar-refractivity contribution in [1.29, 1.82) is 0 Å². The average molecular weight is 394 g/mol. The maximum Gasteiger partial charge on any atom is 0.259 e. The first-order valence-electron chi connectivity index (χ1n) is 8.31. The monoisotopic (exact) mass is 393 g/mol. The number of carbonyl (C=O) groups excluding carboxylic acids is 1. The van der Waals surface area contributed by atoms with Gasteiger partial charge in [0.25, 0.3) is 5.91 Å². The van der Waals surface area contributed by atoms with Crippen LogP contribution < -0.4 is 14.2 Å². The molecule has 0 fully saturated rings. The van der Waals surface area contributed by atoms with E-state index in [0.717, 1.165) is 23.5 Å². The highest BCUT2D eigenvalue weighted by Crippen LogP contribution is 2.38. The Labute approximate surface area is 161 Å². The Morgan fingerprint density at radius 3 is 2.42 bits per heavy atom. The molecular weight excluding hydrogens is 377 g/mol. The highest BCUT2D eigenvalue weighted by molar-refractivity contribution is 6.37. The number of amides is 1. The van der Waals surface area contributed by atoms with E-state index in [2.05, 4.69) is 0 Å². The lowest BCUT2D eigenvalue weighted by Crippen LogP contribution is -2.36. The Kier molecular flexibility index (Phi) is 4.59. The molecule has 2 aliphatic heterocycles. The smallest absolute Gasteiger partial charge is 0.259 e. The minimum atomic E-state index is -0.199. The SMILES string of the molecule is COc1c(Cl)ccc(Cl)c1C(=O)N1CCc2cc3c(cc2C1)OCCO3. The standard InChI is InChI=1S/C19H17Cl2NO4/c1-24-18-14(21)3-2-13(20)17(18)19(23)22-5-4-11-8-15-16(9-12(11)10-22)26-7-6-25-15/h2-3,8-9H,4-7,10H2,1H3. The van der Waals surface area contributed by atoms with Crippen LogP contribution in [0, 0.1) is 0 Å². The molecule has 0 N–H and O–H groups in total. The summed E-state index contributed by atoms with van der Waals surface area (Å²) in [4.78, 5) is 14.8. The van der Waals surface area contributed by atoms with Crippen LogP contribution in [0.3, 0.4) is 0 Å². The van der Waals surface area contributed by atoms with Crippen LogP contribution in [0.2, 0.25) is 10.0 Å². The summed E-state index contributed by atoms with van der Waals surface area (Å²) in [6.45, 7) is 2.14. The molecule has 2 aromatic rings. The molecule has 0 unspecified atom stereocenters. The fraction of sp³-hybridized carbons (Fsp3) is 0.316. The molecule has 2 aliphatic rings. The summed E-state index contributed by atoms with van der Waals surface area (Å²) in [6, 6.07) is 7.20. The Bertz CT molecular complexity index is 884. The molecule has 26 heavy (non-hydrogen) atoms. The molecule has 0 radical (unpaired) electrons. The van der Waals surface area contributed by atoms with Gasteiger partial charge in [0.2, 0.25) is 0 Å². The fourth-order valence-electron chi connectivity index (χ4n) is 3.36. The van der Waals surface area contributed by atoms with Gasteiger partial charge in [-0.1, -0.05) is 23.2 Å². The second-order valence-corrected chi connectivity index (χ2v) is 6.99. The summed E-state index contributed by atoms with van der Waals surface area (Å²) in [6.07, 6.45) is 0.734. The highest BCUT2D eigenvalue weighted by Gasteiger charge is 2.28. The molecule has 0 saturated heterocycles. The molecule has 7 heteroatoms. The normalized spacial score (nSPS) is 15.4. The molecule has 0 bridgehead atoms. The van der Waals surface area contributed by atoms with Crippen LogP contribution >= 0.6 is 23.2 Å². The van der Waals surface area contributed by atoms with Crippen LogP contribution in [0.15, 0.2) is 24.3 Å². The van der Waals surface area contributed by atoms with E-state index >= 15 is 0 Å². The van der Waals surface area contributed by atoms with Crippen molar-refractivity contribution < 1.29 is 19.0 Å². The number of fused-ring (bicyclic) bond motifs is 2. The third-order valence-electron chi connectivity index (χ3n) is 4.64. The van der Waals surface area contributed by atoms with Crippen molar-refractivity contribution in [2.45, 2.75) is 13.0 Å². The molecule has 0 spiro atoms. The fourth-order valence-corrected chi connectivity index (χ4v) is 3.82. The number of methoxy groups -OCH3 is 1. The number of ether oxygens (including phenoxy) is 3. The second-order valence-electron chi connectivity index (χ2n) is 6.18. The lowest BCUT2D eigenvalue weighted by Gasteiger charge is -2.31. The maximum absolute atomic E-state index is 13.1. The first-order valence-corrected chi connectivity index (χ1v) is 9.06. The minimum Gasteiger partial charge on any atom is -0.494 e. The van der Waals surface area contributed by atoms with Gasteiger partial charge in [-0.25, -0.2) is 0 Å². The van der Waals surface area contributed by atoms with Crippen molar-refractivity contribution >= 4 is 29.1 Å². The maximum atomic E-state index is 13.1. The van der Waals surface area contributed by atoms with E-state index in [1.54, 1.807) is 17.0 Å². The number of halogens is 2. The van der Waals surface area contributed by atoms with Gasteiger partial charge in [0.05, 0.1) is 17.2 Å². The molecule has 5 nitrogen and oxygen atoms in total. The van der Waals surface area contributed by atoms with Gasteiger partial charge in [0, 0.05) is 13.1 Å². The zero-order valence-corrected chi connectivity index (χ0v) is 15.7. The molecule has 2 heterocycles. The van der Waals surface area contributed by atoms with Crippen LogP contribution in [-0.4, -0.2) is 37.7 Å². The lowest BCUT2D eigenvalue weighted by atomic mass is 9.98. The van der Waals surface area contributed by atoms with E-state index in [9.17, 15) is 4.79 Å². The van der Waals surface area contributed by atoms with Gasteiger partial charge in [-0.15, -0.1) is 0 Å². The third kappa shape index (κ3) is 2.95. The van der Waals surface area contributed by atoms with Crippen LogP contribution in [-0.2, 0) is 13.0 Å². The van der Waals surface area contributed by atoms with Crippen molar-refractivity contribution in [3.05, 3.63) is 51.0 Å². The number of nitrogens with zero attached hydrogens (tertiary/aromatic N) is 1.